The summed E-state index contributed by atoms with van der Waals surface area (Å²) in [6.45, 7) is -0.122. The van der Waals surface area contributed by atoms with Gasteiger partial charge in [-0.05, 0) is 0 Å². The molecule has 0 aromatic carbocycles. The first-order valence-electron chi connectivity index (χ1n) is 3.49. The van der Waals surface area contributed by atoms with Crippen LogP contribution in [0.3, 0.4) is 0 Å². The van der Waals surface area contributed by atoms with E-state index in [-0.39, 0.29) is 12.4 Å². The van der Waals surface area contributed by atoms with Crippen LogP contribution in [0.1, 0.15) is 0 Å². The molecule has 0 aromatic heterocycles. The van der Waals surface area contributed by atoms with Gasteiger partial charge in [-0.1, -0.05) is 0 Å². The van der Waals surface area contributed by atoms with E-state index in [1.54, 1.807) is 0 Å². The van der Waals surface area contributed by atoms with E-state index in [0.717, 1.165) is 4.31 Å². The molecule has 0 aliphatic carbocycles. The lowest BCUT2D eigenvalue weighted by Gasteiger charge is -2.26. The summed E-state index contributed by atoms with van der Waals surface area (Å²) in [5.41, 5.74) is 0. The van der Waals surface area contributed by atoms with Crippen LogP contribution in [0.4, 0.5) is 8.78 Å². The number of hydrogen-bond acceptors (Lipinski definition) is 3. The Labute approximate surface area is 69.6 Å². The SMILES string of the molecule is O=S1(=O)CNCCN1CC(F)F. The van der Waals surface area contributed by atoms with Gasteiger partial charge in [0.05, 0.1) is 6.54 Å². The number of sulfonamides is 1. The number of nitrogens with zero attached hydrogens (tertiary/aromatic N) is 1. The molecule has 7 heteroatoms. The van der Waals surface area contributed by atoms with Crippen molar-refractivity contribution in [3.05, 3.63) is 0 Å². The molecule has 1 fully saturated rings. The van der Waals surface area contributed by atoms with Gasteiger partial charge in [0.25, 0.3) is 6.43 Å². The summed E-state index contributed by atoms with van der Waals surface area (Å²) in [5.74, 6) is -0.236. The molecule has 1 heterocycles. The molecule has 0 aromatic rings. The molecule has 0 unspecified atom stereocenters. The van der Waals surface area contributed by atoms with Crippen molar-refractivity contribution in [1.82, 2.24) is 9.62 Å². The third-order valence-corrected chi connectivity index (χ3v) is 3.24. The number of halogens is 2. The molecule has 0 spiro atoms. The van der Waals surface area contributed by atoms with E-state index in [9.17, 15) is 17.2 Å². The Bertz CT molecular complexity index is 242. The van der Waals surface area contributed by atoms with Crippen molar-refractivity contribution in [2.75, 3.05) is 25.5 Å². The van der Waals surface area contributed by atoms with Crippen molar-refractivity contribution in [3.63, 3.8) is 0 Å². The molecule has 0 amide bonds. The van der Waals surface area contributed by atoms with Gasteiger partial charge in [0, 0.05) is 13.1 Å². The van der Waals surface area contributed by atoms with E-state index in [4.69, 9.17) is 0 Å². The van der Waals surface area contributed by atoms with Gasteiger partial charge in [0.15, 0.2) is 0 Å². The zero-order valence-electron chi connectivity index (χ0n) is 6.33. The first kappa shape index (κ1) is 9.82. The molecular weight excluding hydrogens is 190 g/mol. The van der Waals surface area contributed by atoms with Gasteiger partial charge < -0.3 is 5.32 Å². The largest absolute Gasteiger partial charge is 0.301 e. The standard InChI is InChI=1S/C5H10F2N2O2S/c6-5(7)3-9-2-1-8-4-12(9,10)11/h5,8H,1-4H2. The van der Waals surface area contributed by atoms with Crippen LogP contribution in [0.2, 0.25) is 0 Å². The lowest BCUT2D eigenvalue weighted by atomic mass is 10.6. The highest BCUT2D eigenvalue weighted by Crippen LogP contribution is 2.07. The van der Waals surface area contributed by atoms with E-state index < -0.39 is 23.0 Å². The van der Waals surface area contributed by atoms with Crippen LogP contribution < -0.4 is 5.32 Å². The summed E-state index contributed by atoms with van der Waals surface area (Å²) < 4.78 is 46.6. The second kappa shape index (κ2) is 3.63. The summed E-state index contributed by atoms with van der Waals surface area (Å²) in [5, 5.41) is 2.60. The van der Waals surface area contributed by atoms with E-state index in [1.165, 1.54) is 0 Å². The molecule has 0 saturated carbocycles. The third kappa shape index (κ3) is 2.36. The number of rotatable bonds is 2. The van der Waals surface area contributed by atoms with Gasteiger partial charge in [0.2, 0.25) is 10.0 Å². The number of alkyl halides is 2. The van der Waals surface area contributed by atoms with Gasteiger partial charge >= 0.3 is 0 Å². The van der Waals surface area contributed by atoms with Crippen molar-refractivity contribution < 1.29 is 17.2 Å². The maximum Gasteiger partial charge on any atom is 0.252 e. The van der Waals surface area contributed by atoms with Gasteiger partial charge in [-0.25, -0.2) is 17.2 Å². The van der Waals surface area contributed by atoms with Crippen LogP contribution in [0.25, 0.3) is 0 Å². The van der Waals surface area contributed by atoms with Gasteiger partial charge in [-0.2, -0.15) is 4.31 Å². The molecule has 1 aliphatic heterocycles. The Morgan fingerprint density at radius 3 is 2.67 bits per heavy atom. The van der Waals surface area contributed by atoms with Crippen LogP contribution in [0.5, 0.6) is 0 Å². The van der Waals surface area contributed by atoms with Gasteiger partial charge in [-0.15, -0.1) is 0 Å². The van der Waals surface area contributed by atoms with E-state index in [2.05, 4.69) is 5.32 Å². The maximum atomic E-state index is 11.8. The highest BCUT2D eigenvalue weighted by atomic mass is 32.2. The van der Waals surface area contributed by atoms with Crippen molar-refractivity contribution in [3.8, 4) is 0 Å². The predicted molar refractivity (Wildman–Crippen MR) is 39.4 cm³/mol. The third-order valence-electron chi connectivity index (χ3n) is 1.56. The second-order valence-corrected chi connectivity index (χ2v) is 4.47. The molecule has 72 valence electrons. The normalized spacial score (nSPS) is 24.6. The summed E-state index contributed by atoms with van der Waals surface area (Å²) in [6, 6.07) is 0. The molecule has 0 radical (unpaired) electrons. The Morgan fingerprint density at radius 2 is 2.17 bits per heavy atom. The molecule has 1 rings (SSSR count). The molecule has 1 N–H and O–H groups in total. The summed E-state index contributed by atoms with van der Waals surface area (Å²) in [7, 11) is -3.48. The van der Waals surface area contributed by atoms with Crippen molar-refractivity contribution >= 4 is 10.0 Å². The maximum absolute atomic E-state index is 11.8. The first-order valence-corrected chi connectivity index (χ1v) is 5.10. The molecular formula is C5H10F2N2O2S. The van der Waals surface area contributed by atoms with Crippen LogP contribution in [0, 0.1) is 0 Å². The van der Waals surface area contributed by atoms with Crippen LogP contribution >= 0.6 is 0 Å². The monoisotopic (exact) mass is 200 g/mol. The van der Waals surface area contributed by atoms with Gasteiger partial charge in [0.1, 0.15) is 5.88 Å². The topological polar surface area (TPSA) is 49.4 Å². The number of hydrogen-bond donors (Lipinski definition) is 1. The fourth-order valence-electron chi connectivity index (χ4n) is 0.994. The Hall–Kier alpha value is -0.270. The Balaban J connectivity index is 2.61. The molecule has 1 aliphatic rings. The molecule has 0 bridgehead atoms. The van der Waals surface area contributed by atoms with Crippen molar-refractivity contribution in [2.45, 2.75) is 6.43 Å². The highest BCUT2D eigenvalue weighted by Gasteiger charge is 2.27. The van der Waals surface area contributed by atoms with E-state index >= 15 is 0 Å². The Kier molecular flexibility index (Phi) is 2.97. The van der Waals surface area contributed by atoms with Crippen LogP contribution in [0.15, 0.2) is 0 Å². The van der Waals surface area contributed by atoms with Gasteiger partial charge in [-0.3, -0.25) is 0 Å². The summed E-state index contributed by atoms with van der Waals surface area (Å²) in [6.07, 6.45) is -2.60. The average Bonchev–Trinajstić information content (AvgIpc) is 1.92. The average molecular weight is 200 g/mol. The lowest BCUT2D eigenvalue weighted by Crippen LogP contribution is -2.49. The minimum Gasteiger partial charge on any atom is -0.301 e. The van der Waals surface area contributed by atoms with Crippen LogP contribution in [-0.4, -0.2) is 44.7 Å². The Morgan fingerprint density at radius 1 is 1.50 bits per heavy atom. The quantitative estimate of drug-likeness (QED) is 0.650. The molecule has 1 saturated heterocycles. The predicted octanol–water partition coefficient (Wildman–Crippen LogP) is -0.556. The van der Waals surface area contributed by atoms with E-state index in [1.807, 2.05) is 0 Å². The summed E-state index contributed by atoms with van der Waals surface area (Å²) >= 11 is 0. The van der Waals surface area contributed by atoms with E-state index in [0.29, 0.717) is 6.54 Å². The molecule has 0 atom stereocenters. The lowest BCUT2D eigenvalue weighted by molar-refractivity contribution is 0.118. The summed E-state index contributed by atoms with van der Waals surface area (Å²) in [4.78, 5) is 0. The second-order valence-electron chi connectivity index (χ2n) is 2.51. The van der Waals surface area contributed by atoms with Crippen molar-refractivity contribution in [2.24, 2.45) is 0 Å². The smallest absolute Gasteiger partial charge is 0.252 e. The van der Waals surface area contributed by atoms with Crippen molar-refractivity contribution in [1.29, 1.82) is 0 Å². The fourth-order valence-corrected chi connectivity index (χ4v) is 2.29. The first-order chi connectivity index (χ1) is 5.52. The zero-order chi connectivity index (χ0) is 9.19. The minimum atomic E-state index is -3.48. The molecule has 4 nitrogen and oxygen atoms in total. The number of nitrogens with one attached hydrogen (secondary N) is 1. The van der Waals surface area contributed by atoms with Crippen LogP contribution in [-0.2, 0) is 10.0 Å². The minimum absolute atomic E-state index is 0.132. The molecule has 12 heavy (non-hydrogen) atoms. The highest BCUT2D eigenvalue weighted by molar-refractivity contribution is 7.89. The zero-order valence-corrected chi connectivity index (χ0v) is 7.15. The fraction of sp³-hybridized carbons (Fsp3) is 1.00.